The molecule has 2 aliphatic heterocycles. The summed E-state index contributed by atoms with van der Waals surface area (Å²) in [4.78, 5) is 2.42. The Hall–Kier alpha value is -0.160. The number of hydrogen-bond donors (Lipinski definition) is 1. The van der Waals surface area contributed by atoms with E-state index in [2.05, 4.69) is 11.9 Å². The third-order valence-corrected chi connectivity index (χ3v) is 3.99. The fourth-order valence-corrected chi connectivity index (χ4v) is 2.87. The average Bonchev–Trinajstić information content (AvgIpc) is 2.85. The lowest BCUT2D eigenvalue weighted by molar-refractivity contribution is 0.00608. The van der Waals surface area contributed by atoms with Gasteiger partial charge in [0.25, 0.3) is 0 Å². The zero-order valence-corrected chi connectivity index (χ0v) is 10.2. The summed E-state index contributed by atoms with van der Waals surface area (Å²) in [5.41, 5.74) is 5.93. The molecule has 3 atom stereocenters. The molecule has 0 aromatic rings. The maximum Gasteiger partial charge on any atom is 0.0622 e. The predicted octanol–water partition coefficient (Wildman–Crippen LogP) is 0.461. The van der Waals surface area contributed by atoms with Gasteiger partial charge in [-0.3, -0.25) is 4.90 Å². The zero-order valence-electron chi connectivity index (χ0n) is 10.2. The van der Waals surface area contributed by atoms with Crippen LogP contribution in [0.1, 0.15) is 19.3 Å². The van der Waals surface area contributed by atoms with E-state index in [4.69, 9.17) is 15.2 Å². The minimum Gasteiger partial charge on any atom is -0.381 e. The first-order valence-electron chi connectivity index (χ1n) is 6.40. The fourth-order valence-electron chi connectivity index (χ4n) is 2.87. The van der Waals surface area contributed by atoms with Crippen LogP contribution in [0.4, 0.5) is 0 Å². The molecule has 0 amide bonds. The van der Waals surface area contributed by atoms with Gasteiger partial charge in [0.15, 0.2) is 0 Å². The van der Waals surface area contributed by atoms with E-state index in [1.54, 1.807) is 0 Å². The largest absolute Gasteiger partial charge is 0.381 e. The van der Waals surface area contributed by atoms with Gasteiger partial charge in [0, 0.05) is 31.8 Å². The van der Waals surface area contributed by atoms with Gasteiger partial charge < -0.3 is 15.2 Å². The summed E-state index contributed by atoms with van der Waals surface area (Å²) in [6, 6.07) is 1.00. The summed E-state index contributed by atoms with van der Waals surface area (Å²) in [7, 11) is 2.19. The van der Waals surface area contributed by atoms with Gasteiger partial charge in [-0.1, -0.05) is 0 Å². The van der Waals surface area contributed by atoms with Gasteiger partial charge >= 0.3 is 0 Å². The first-order chi connectivity index (χ1) is 7.83. The second kappa shape index (κ2) is 5.96. The molecular formula is C12H24N2O2. The summed E-state index contributed by atoms with van der Waals surface area (Å²) in [6.07, 6.45) is 3.57. The van der Waals surface area contributed by atoms with Crippen LogP contribution in [0.3, 0.4) is 0 Å². The van der Waals surface area contributed by atoms with Crippen molar-refractivity contribution in [2.75, 3.05) is 40.0 Å². The van der Waals surface area contributed by atoms with Crippen molar-refractivity contribution in [3.8, 4) is 0 Å². The SMILES string of the molecule is CN(C1CCOC1)C(CN)C1CCCOC1. The van der Waals surface area contributed by atoms with Crippen LogP contribution in [-0.4, -0.2) is 57.0 Å². The molecule has 2 N–H and O–H groups in total. The van der Waals surface area contributed by atoms with Crippen molar-refractivity contribution in [2.24, 2.45) is 11.7 Å². The third-order valence-electron chi connectivity index (χ3n) is 3.99. The van der Waals surface area contributed by atoms with Crippen molar-refractivity contribution in [3.05, 3.63) is 0 Å². The smallest absolute Gasteiger partial charge is 0.0622 e. The second-order valence-electron chi connectivity index (χ2n) is 4.96. The normalized spacial score (nSPS) is 33.2. The molecule has 0 saturated carbocycles. The van der Waals surface area contributed by atoms with Crippen LogP contribution >= 0.6 is 0 Å². The number of rotatable bonds is 4. The van der Waals surface area contributed by atoms with E-state index in [0.717, 1.165) is 39.4 Å². The van der Waals surface area contributed by atoms with Crippen molar-refractivity contribution in [2.45, 2.75) is 31.3 Å². The molecule has 2 heterocycles. The van der Waals surface area contributed by atoms with Crippen molar-refractivity contribution in [1.29, 1.82) is 0 Å². The predicted molar refractivity (Wildman–Crippen MR) is 63.4 cm³/mol. The second-order valence-corrected chi connectivity index (χ2v) is 4.96. The molecule has 2 fully saturated rings. The molecule has 4 nitrogen and oxygen atoms in total. The van der Waals surface area contributed by atoms with E-state index in [9.17, 15) is 0 Å². The van der Waals surface area contributed by atoms with Crippen LogP contribution in [0.15, 0.2) is 0 Å². The Morgan fingerprint density at radius 1 is 1.25 bits per heavy atom. The van der Waals surface area contributed by atoms with Crippen molar-refractivity contribution in [3.63, 3.8) is 0 Å². The number of nitrogens with zero attached hydrogens (tertiary/aromatic N) is 1. The molecule has 3 unspecified atom stereocenters. The van der Waals surface area contributed by atoms with Crippen LogP contribution in [-0.2, 0) is 9.47 Å². The highest BCUT2D eigenvalue weighted by Gasteiger charge is 2.31. The average molecular weight is 228 g/mol. The van der Waals surface area contributed by atoms with Gasteiger partial charge in [-0.25, -0.2) is 0 Å². The van der Waals surface area contributed by atoms with Crippen LogP contribution in [0, 0.1) is 5.92 Å². The Balaban J connectivity index is 1.91. The van der Waals surface area contributed by atoms with E-state index in [1.165, 1.54) is 12.8 Å². The Bertz CT molecular complexity index is 201. The monoisotopic (exact) mass is 228 g/mol. The lowest BCUT2D eigenvalue weighted by Crippen LogP contribution is -2.50. The zero-order chi connectivity index (χ0) is 11.4. The van der Waals surface area contributed by atoms with E-state index < -0.39 is 0 Å². The number of hydrogen-bond acceptors (Lipinski definition) is 4. The van der Waals surface area contributed by atoms with E-state index in [-0.39, 0.29) is 0 Å². The Morgan fingerprint density at radius 2 is 2.06 bits per heavy atom. The molecule has 0 aromatic carbocycles. The summed E-state index contributed by atoms with van der Waals surface area (Å²) < 4.78 is 11.0. The van der Waals surface area contributed by atoms with E-state index in [1.807, 2.05) is 0 Å². The molecular weight excluding hydrogens is 204 g/mol. The number of nitrogens with two attached hydrogens (primary N) is 1. The Morgan fingerprint density at radius 3 is 2.62 bits per heavy atom. The number of ether oxygens (including phenoxy) is 2. The van der Waals surface area contributed by atoms with E-state index in [0.29, 0.717) is 18.0 Å². The van der Waals surface area contributed by atoms with Gasteiger partial charge in [-0.2, -0.15) is 0 Å². The van der Waals surface area contributed by atoms with Gasteiger partial charge in [0.2, 0.25) is 0 Å². The maximum atomic E-state index is 5.93. The third kappa shape index (κ3) is 2.74. The molecule has 0 aromatic heterocycles. The summed E-state index contributed by atoms with van der Waals surface area (Å²) >= 11 is 0. The minimum atomic E-state index is 0.451. The molecule has 94 valence electrons. The molecule has 0 bridgehead atoms. The first-order valence-corrected chi connectivity index (χ1v) is 6.40. The lowest BCUT2D eigenvalue weighted by atomic mass is 9.92. The van der Waals surface area contributed by atoms with Crippen molar-refractivity contribution < 1.29 is 9.47 Å². The summed E-state index contributed by atoms with van der Waals surface area (Å²) in [5, 5.41) is 0. The van der Waals surface area contributed by atoms with E-state index >= 15 is 0 Å². The van der Waals surface area contributed by atoms with Crippen LogP contribution in [0.2, 0.25) is 0 Å². The van der Waals surface area contributed by atoms with Crippen molar-refractivity contribution in [1.82, 2.24) is 4.90 Å². The maximum absolute atomic E-state index is 5.93. The molecule has 0 spiro atoms. The highest BCUT2D eigenvalue weighted by molar-refractivity contribution is 4.85. The quantitative estimate of drug-likeness (QED) is 0.759. The Labute approximate surface area is 98.1 Å². The molecule has 2 saturated heterocycles. The highest BCUT2D eigenvalue weighted by atomic mass is 16.5. The van der Waals surface area contributed by atoms with Gasteiger partial charge in [-0.15, -0.1) is 0 Å². The topological polar surface area (TPSA) is 47.7 Å². The van der Waals surface area contributed by atoms with Crippen LogP contribution in [0.5, 0.6) is 0 Å². The summed E-state index contributed by atoms with van der Waals surface area (Å²) in [5.74, 6) is 0.601. The van der Waals surface area contributed by atoms with Crippen molar-refractivity contribution >= 4 is 0 Å². The summed E-state index contributed by atoms with van der Waals surface area (Å²) in [6.45, 7) is 4.28. The van der Waals surface area contributed by atoms with Gasteiger partial charge in [0.05, 0.1) is 13.2 Å². The molecule has 0 radical (unpaired) electrons. The molecule has 2 aliphatic rings. The molecule has 0 aliphatic carbocycles. The first kappa shape index (κ1) is 12.3. The number of likely N-dealkylation sites (N-methyl/N-ethyl adjacent to an activating group) is 1. The Kier molecular flexibility index (Phi) is 4.58. The van der Waals surface area contributed by atoms with Gasteiger partial charge in [-0.05, 0) is 32.2 Å². The standard InChI is InChI=1S/C12H24N2O2/c1-14(11-4-6-16-9-11)12(7-13)10-3-2-5-15-8-10/h10-12H,2-9,13H2,1H3. The molecule has 16 heavy (non-hydrogen) atoms. The van der Waals surface area contributed by atoms with Gasteiger partial charge in [0.1, 0.15) is 0 Å². The van der Waals surface area contributed by atoms with Crippen LogP contribution < -0.4 is 5.73 Å². The molecule has 4 heteroatoms. The fraction of sp³-hybridized carbons (Fsp3) is 1.00. The minimum absolute atomic E-state index is 0.451. The highest BCUT2D eigenvalue weighted by Crippen LogP contribution is 2.23. The lowest BCUT2D eigenvalue weighted by Gasteiger charge is -2.38. The molecule has 2 rings (SSSR count). The van der Waals surface area contributed by atoms with Crippen LogP contribution in [0.25, 0.3) is 0 Å².